The van der Waals surface area contributed by atoms with Crippen LogP contribution in [0.25, 0.3) is 0 Å². The average molecular weight is 471 g/mol. The van der Waals surface area contributed by atoms with Crippen LogP contribution < -0.4 is 16.0 Å². The molecule has 6 nitrogen and oxygen atoms in total. The van der Waals surface area contributed by atoms with Gasteiger partial charge in [0, 0.05) is 27.8 Å². The van der Waals surface area contributed by atoms with Crippen molar-refractivity contribution in [3.05, 3.63) is 57.0 Å². The third kappa shape index (κ3) is 6.15. The quantitative estimate of drug-likeness (QED) is 0.481. The van der Waals surface area contributed by atoms with Crippen LogP contribution in [0.5, 0.6) is 0 Å². The molecule has 0 spiro atoms. The molecular formula is C17H17Br2N3O3. The highest BCUT2D eigenvalue weighted by molar-refractivity contribution is 9.10. The highest BCUT2D eigenvalue weighted by Crippen LogP contribution is 2.22. The van der Waals surface area contributed by atoms with Gasteiger partial charge in [0.2, 0.25) is 0 Å². The summed E-state index contributed by atoms with van der Waals surface area (Å²) in [4.78, 5) is 24.5. The molecule has 0 radical (unpaired) electrons. The van der Waals surface area contributed by atoms with Crippen molar-refractivity contribution in [2.45, 2.75) is 6.42 Å². The van der Waals surface area contributed by atoms with Gasteiger partial charge in [0.15, 0.2) is 0 Å². The second-order valence-corrected chi connectivity index (χ2v) is 6.94. The number of rotatable bonds is 6. The number of urea groups is 1. The minimum atomic E-state index is -0.458. The van der Waals surface area contributed by atoms with E-state index in [0.717, 1.165) is 8.95 Å². The molecule has 3 amide bonds. The van der Waals surface area contributed by atoms with E-state index in [1.165, 1.54) is 0 Å². The summed E-state index contributed by atoms with van der Waals surface area (Å²) in [5.74, 6) is -0.321. The molecule has 0 saturated carbocycles. The standard InChI is InChI=1S/C17H17Br2N3O3/c18-11-3-1-4-13(9-11)21-17(25)22-15-10-12(19)5-6-14(15)16(24)20-7-2-8-23/h1,3-6,9-10,23H,2,7-8H2,(H,20,24)(H2,21,22,25). The highest BCUT2D eigenvalue weighted by Gasteiger charge is 2.14. The Bertz CT molecular complexity index is 769. The first-order valence-electron chi connectivity index (χ1n) is 7.52. The second kappa shape index (κ2) is 9.55. The number of benzene rings is 2. The van der Waals surface area contributed by atoms with E-state index in [1.54, 1.807) is 36.4 Å². The summed E-state index contributed by atoms with van der Waals surface area (Å²) < 4.78 is 1.58. The molecule has 0 unspecified atom stereocenters. The summed E-state index contributed by atoms with van der Waals surface area (Å²) in [6, 6.07) is 11.7. The van der Waals surface area contributed by atoms with Gasteiger partial charge in [-0.15, -0.1) is 0 Å². The van der Waals surface area contributed by atoms with Crippen LogP contribution in [0.3, 0.4) is 0 Å². The molecule has 25 heavy (non-hydrogen) atoms. The Balaban J connectivity index is 2.10. The van der Waals surface area contributed by atoms with E-state index in [2.05, 4.69) is 47.8 Å². The SMILES string of the molecule is O=C(Nc1cccc(Br)c1)Nc1cc(Br)ccc1C(=O)NCCCO. The first-order valence-corrected chi connectivity index (χ1v) is 9.10. The van der Waals surface area contributed by atoms with Gasteiger partial charge in [0.1, 0.15) is 0 Å². The summed E-state index contributed by atoms with van der Waals surface area (Å²) >= 11 is 6.67. The molecule has 2 rings (SSSR count). The number of carbonyl (C=O) groups excluding carboxylic acids is 2. The largest absolute Gasteiger partial charge is 0.396 e. The van der Waals surface area contributed by atoms with Gasteiger partial charge in [-0.1, -0.05) is 37.9 Å². The number of hydrogen-bond acceptors (Lipinski definition) is 3. The topological polar surface area (TPSA) is 90.5 Å². The molecule has 2 aromatic carbocycles. The van der Waals surface area contributed by atoms with Crippen molar-refractivity contribution >= 4 is 55.2 Å². The van der Waals surface area contributed by atoms with Crippen LogP contribution in [0.15, 0.2) is 51.4 Å². The number of amides is 3. The van der Waals surface area contributed by atoms with Crippen LogP contribution in [0.1, 0.15) is 16.8 Å². The molecule has 0 saturated heterocycles. The lowest BCUT2D eigenvalue weighted by atomic mass is 10.1. The zero-order valence-electron chi connectivity index (χ0n) is 13.2. The lowest BCUT2D eigenvalue weighted by Gasteiger charge is -2.13. The number of halogens is 2. The molecule has 0 aliphatic carbocycles. The first kappa shape index (κ1) is 19.4. The lowest BCUT2D eigenvalue weighted by Crippen LogP contribution is -2.27. The normalized spacial score (nSPS) is 10.2. The number of hydrogen-bond donors (Lipinski definition) is 4. The number of nitrogens with one attached hydrogen (secondary N) is 3. The van der Waals surface area contributed by atoms with Crippen LogP contribution >= 0.6 is 31.9 Å². The minimum Gasteiger partial charge on any atom is -0.396 e. The van der Waals surface area contributed by atoms with E-state index < -0.39 is 6.03 Å². The van der Waals surface area contributed by atoms with Gasteiger partial charge >= 0.3 is 6.03 Å². The fourth-order valence-corrected chi connectivity index (χ4v) is 2.81. The van der Waals surface area contributed by atoms with Gasteiger partial charge in [-0.05, 0) is 42.8 Å². The average Bonchev–Trinajstić information content (AvgIpc) is 2.55. The predicted molar refractivity (Wildman–Crippen MR) is 105 cm³/mol. The highest BCUT2D eigenvalue weighted by atomic mass is 79.9. The van der Waals surface area contributed by atoms with E-state index in [0.29, 0.717) is 29.9 Å². The van der Waals surface area contributed by atoms with Crippen LogP contribution in [0, 0.1) is 0 Å². The second-order valence-electron chi connectivity index (χ2n) is 5.11. The maximum Gasteiger partial charge on any atom is 0.323 e. The van der Waals surface area contributed by atoms with Crippen molar-refractivity contribution in [2.75, 3.05) is 23.8 Å². The van der Waals surface area contributed by atoms with Gasteiger partial charge < -0.3 is 21.1 Å². The maximum absolute atomic E-state index is 12.3. The van der Waals surface area contributed by atoms with E-state index >= 15 is 0 Å². The molecular weight excluding hydrogens is 454 g/mol. The number of aliphatic hydroxyl groups excluding tert-OH is 1. The Kier molecular flexibility index (Phi) is 7.42. The molecule has 0 atom stereocenters. The van der Waals surface area contributed by atoms with Crippen molar-refractivity contribution < 1.29 is 14.7 Å². The van der Waals surface area contributed by atoms with Gasteiger partial charge in [0.05, 0.1) is 11.3 Å². The fraction of sp³-hybridized carbons (Fsp3) is 0.176. The lowest BCUT2D eigenvalue weighted by molar-refractivity contribution is 0.0952. The third-order valence-electron chi connectivity index (χ3n) is 3.18. The zero-order chi connectivity index (χ0) is 18.2. The van der Waals surface area contributed by atoms with Crippen molar-refractivity contribution in [1.29, 1.82) is 0 Å². The molecule has 2 aromatic rings. The Morgan fingerprint density at radius 2 is 1.76 bits per heavy atom. The van der Waals surface area contributed by atoms with E-state index in [-0.39, 0.29) is 12.5 Å². The molecule has 132 valence electrons. The van der Waals surface area contributed by atoms with Crippen molar-refractivity contribution in [1.82, 2.24) is 5.32 Å². The minimum absolute atomic E-state index is 0.000760. The Hall–Kier alpha value is -1.90. The van der Waals surface area contributed by atoms with Crippen molar-refractivity contribution in [3.8, 4) is 0 Å². The molecule has 0 aliphatic rings. The molecule has 8 heteroatoms. The number of anilines is 2. The van der Waals surface area contributed by atoms with Gasteiger partial charge in [-0.3, -0.25) is 4.79 Å². The number of carbonyl (C=O) groups is 2. The smallest absolute Gasteiger partial charge is 0.323 e. The molecule has 0 aromatic heterocycles. The summed E-state index contributed by atoms with van der Waals surface area (Å²) in [7, 11) is 0. The summed E-state index contributed by atoms with van der Waals surface area (Å²) in [5.41, 5.74) is 1.34. The Morgan fingerprint density at radius 1 is 1.00 bits per heavy atom. The fourth-order valence-electron chi connectivity index (χ4n) is 2.04. The van der Waals surface area contributed by atoms with Crippen molar-refractivity contribution in [3.63, 3.8) is 0 Å². The van der Waals surface area contributed by atoms with Crippen LogP contribution in [-0.4, -0.2) is 30.2 Å². The maximum atomic E-state index is 12.3. The van der Waals surface area contributed by atoms with Crippen molar-refractivity contribution in [2.24, 2.45) is 0 Å². The summed E-state index contributed by atoms with van der Waals surface area (Å²) in [6.07, 6.45) is 0.467. The van der Waals surface area contributed by atoms with Gasteiger partial charge in [-0.25, -0.2) is 4.79 Å². The molecule has 0 bridgehead atoms. The summed E-state index contributed by atoms with van der Waals surface area (Å²) in [5, 5.41) is 16.9. The summed E-state index contributed by atoms with van der Waals surface area (Å²) in [6.45, 7) is 0.357. The van der Waals surface area contributed by atoms with Crippen LogP contribution in [0.2, 0.25) is 0 Å². The molecule has 4 N–H and O–H groups in total. The van der Waals surface area contributed by atoms with E-state index in [9.17, 15) is 9.59 Å². The first-order chi connectivity index (χ1) is 12.0. The monoisotopic (exact) mass is 469 g/mol. The Morgan fingerprint density at radius 3 is 2.48 bits per heavy atom. The van der Waals surface area contributed by atoms with E-state index in [4.69, 9.17) is 5.11 Å². The third-order valence-corrected chi connectivity index (χ3v) is 4.16. The van der Waals surface area contributed by atoms with Gasteiger partial charge in [0.25, 0.3) is 5.91 Å². The molecule has 0 heterocycles. The Labute approximate surface area is 162 Å². The van der Waals surface area contributed by atoms with Crippen LogP contribution in [-0.2, 0) is 0 Å². The molecule has 0 aliphatic heterocycles. The number of aliphatic hydroxyl groups is 1. The molecule has 0 fully saturated rings. The van der Waals surface area contributed by atoms with E-state index in [1.807, 2.05) is 6.07 Å². The van der Waals surface area contributed by atoms with Crippen LogP contribution in [0.4, 0.5) is 16.2 Å². The zero-order valence-corrected chi connectivity index (χ0v) is 16.4. The van der Waals surface area contributed by atoms with Gasteiger partial charge in [-0.2, -0.15) is 0 Å². The predicted octanol–water partition coefficient (Wildman–Crippen LogP) is 3.97.